The third-order valence-electron chi connectivity index (χ3n) is 1.66. The van der Waals surface area contributed by atoms with Crippen molar-refractivity contribution < 1.29 is 1.43 Å². The SMILES string of the molecule is CCCCc1ccccc1.[H+]. The Bertz CT molecular complexity index is 169. The van der Waals surface area contributed by atoms with Crippen molar-refractivity contribution in [3.8, 4) is 0 Å². The molecular weight excluding hydrogens is 120 g/mol. The first-order valence-corrected chi connectivity index (χ1v) is 3.97. The number of unbranched alkanes of at least 4 members (excludes halogenated alkanes) is 1. The summed E-state index contributed by atoms with van der Waals surface area (Å²) < 4.78 is 0. The Morgan fingerprint density at radius 1 is 1.20 bits per heavy atom. The van der Waals surface area contributed by atoms with E-state index in [1.54, 1.807) is 0 Å². The summed E-state index contributed by atoms with van der Waals surface area (Å²) in [6, 6.07) is 10.6. The molecule has 0 bridgehead atoms. The molecule has 1 rings (SSSR count). The van der Waals surface area contributed by atoms with Crippen molar-refractivity contribution >= 4 is 0 Å². The predicted molar refractivity (Wildman–Crippen MR) is 46.2 cm³/mol. The second kappa shape index (κ2) is 4.10. The van der Waals surface area contributed by atoms with Crippen molar-refractivity contribution in [1.82, 2.24) is 0 Å². The van der Waals surface area contributed by atoms with Gasteiger partial charge >= 0.3 is 1.43 Å². The van der Waals surface area contributed by atoms with Crippen molar-refractivity contribution in [3.63, 3.8) is 0 Å². The van der Waals surface area contributed by atoms with Gasteiger partial charge in [-0.2, -0.15) is 0 Å². The van der Waals surface area contributed by atoms with Gasteiger partial charge in [0.15, 0.2) is 0 Å². The van der Waals surface area contributed by atoms with Crippen LogP contribution in [0.3, 0.4) is 0 Å². The predicted octanol–water partition coefficient (Wildman–Crippen LogP) is 3.14. The van der Waals surface area contributed by atoms with E-state index in [4.69, 9.17) is 0 Å². The molecule has 0 spiro atoms. The number of rotatable bonds is 3. The zero-order valence-corrected chi connectivity index (χ0v) is 6.51. The Morgan fingerprint density at radius 2 is 1.90 bits per heavy atom. The molecule has 0 N–H and O–H groups in total. The molecule has 10 heavy (non-hydrogen) atoms. The zero-order valence-electron chi connectivity index (χ0n) is 7.51. The Morgan fingerprint density at radius 3 is 2.50 bits per heavy atom. The largest absolute Gasteiger partial charge is 1.00 e. The van der Waals surface area contributed by atoms with E-state index in [1.165, 1.54) is 24.8 Å². The van der Waals surface area contributed by atoms with Gasteiger partial charge in [-0.3, -0.25) is 0 Å². The molecular formula is C10H15+. The normalized spacial score (nSPS) is 9.70. The lowest BCUT2D eigenvalue weighted by Gasteiger charge is -1.96. The van der Waals surface area contributed by atoms with Gasteiger partial charge in [-0.1, -0.05) is 43.7 Å². The molecule has 0 saturated heterocycles. The van der Waals surface area contributed by atoms with Gasteiger partial charge in [0.1, 0.15) is 0 Å². The molecule has 0 aliphatic rings. The third-order valence-corrected chi connectivity index (χ3v) is 1.66. The van der Waals surface area contributed by atoms with Crippen LogP contribution in [0.25, 0.3) is 0 Å². The molecule has 1 aromatic carbocycles. The first kappa shape index (κ1) is 7.33. The van der Waals surface area contributed by atoms with E-state index in [0.29, 0.717) is 0 Å². The molecule has 0 heteroatoms. The highest BCUT2D eigenvalue weighted by atomic mass is 13.9. The van der Waals surface area contributed by atoms with Crippen LogP contribution in [-0.2, 0) is 6.42 Å². The molecule has 0 saturated carbocycles. The van der Waals surface area contributed by atoms with Crippen LogP contribution < -0.4 is 0 Å². The summed E-state index contributed by atoms with van der Waals surface area (Å²) in [4.78, 5) is 0. The molecule has 1 aromatic rings. The molecule has 0 aliphatic carbocycles. The lowest BCUT2D eigenvalue weighted by atomic mass is 10.1. The summed E-state index contributed by atoms with van der Waals surface area (Å²) in [7, 11) is 0. The van der Waals surface area contributed by atoms with Crippen LogP contribution in [0.1, 0.15) is 26.8 Å². The second-order valence-electron chi connectivity index (χ2n) is 2.59. The van der Waals surface area contributed by atoms with Gasteiger partial charge in [0.05, 0.1) is 0 Å². The summed E-state index contributed by atoms with van der Waals surface area (Å²) in [5, 5.41) is 0. The first-order chi connectivity index (χ1) is 4.93. The summed E-state index contributed by atoms with van der Waals surface area (Å²) >= 11 is 0. The van der Waals surface area contributed by atoms with Crippen LogP contribution in [0.2, 0.25) is 0 Å². The molecule has 0 heterocycles. The molecule has 0 fully saturated rings. The molecule has 0 nitrogen and oxygen atoms in total. The van der Waals surface area contributed by atoms with Crippen molar-refractivity contribution in [2.24, 2.45) is 0 Å². The minimum Gasteiger partial charge on any atom is -0.0654 e. The Hall–Kier alpha value is -0.780. The quantitative estimate of drug-likeness (QED) is 0.597. The first-order valence-electron chi connectivity index (χ1n) is 3.97. The van der Waals surface area contributed by atoms with Gasteiger partial charge in [0, 0.05) is 0 Å². The lowest BCUT2D eigenvalue weighted by molar-refractivity contribution is 0.795. The van der Waals surface area contributed by atoms with Crippen LogP contribution in [0.15, 0.2) is 30.3 Å². The number of hydrogen-bond acceptors (Lipinski definition) is 0. The maximum Gasteiger partial charge on any atom is 1.00 e. The molecule has 0 radical (unpaired) electrons. The fraction of sp³-hybridized carbons (Fsp3) is 0.400. The van der Waals surface area contributed by atoms with E-state index in [1.807, 2.05) is 0 Å². The van der Waals surface area contributed by atoms with Gasteiger partial charge in [0.2, 0.25) is 0 Å². The van der Waals surface area contributed by atoms with Crippen LogP contribution in [-0.4, -0.2) is 0 Å². The Balaban J connectivity index is 0.000001000. The van der Waals surface area contributed by atoms with Crippen molar-refractivity contribution in [1.29, 1.82) is 0 Å². The summed E-state index contributed by atoms with van der Waals surface area (Å²) in [5.74, 6) is 0. The van der Waals surface area contributed by atoms with E-state index in [2.05, 4.69) is 37.3 Å². The lowest BCUT2D eigenvalue weighted by Crippen LogP contribution is -1.81. The van der Waals surface area contributed by atoms with Gasteiger partial charge < -0.3 is 0 Å². The number of aryl methyl sites for hydroxylation is 1. The van der Waals surface area contributed by atoms with Gasteiger partial charge in [-0.05, 0) is 18.4 Å². The van der Waals surface area contributed by atoms with Crippen molar-refractivity contribution in [3.05, 3.63) is 35.9 Å². The maximum atomic E-state index is 2.23. The molecule has 0 unspecified atom stereocenters. The Kier molecular flexibility index (Phi) is 3.01. The maximum absolute atomic E-state index is 2.23. The summed E-state index contributed by atoms with van der Waals surface area (Å²) in [6.07, 6.45) is 3.83. The minimum absolute atomic E-state index is 0. The molecule has 54 valence electrons. The van der Waals surface area contributed by atoms with Crippen LogP contribution in [0.5, 0.6) is 0 Å². The minimum atomic E-state index is 0. The highest BCUT2D eigenvalue weighted by Crippen LogP contribution is 2.03. The smallest absolute Gasteiger partial charge is 0.0654 e. The van der Waals surface area contributed by atoms with Crippen LogP contribution >= 0.6 is 0 Å². The monoisotopic (exact) mass is 135 g/mol. The van der Waals surface area contributed by atoms with Gasteiger partial charge in [0.25, 0.3) is 0 Å². The van der Waals surface area contributed by atoms with Crippen LogP contribution in [0.4, 0.5) is 0 Å². The summed E-state index contributed by atoms with van der Waals surface area (Å²) in [6.45, 7) is 2.23. The standard InChI is InChI=1S/C10H14/c1-2-3-7-10-8-5-4-6-9-10/h4-6,8-9H,2-3,7H2,1H3/p+1. The highest BCUT2D eigenvalue weighted by Gasteiger charge is 1.87. The molecule has 0 atom stereocenters. The topological polar surface area (TPSA) is 0 Å². The van der Waals surface area contributed by atoms with E-state index in [0.717, 1.165) is 0 Å². The second-order valence-corrected chi connectivity index (χ2v) is 2.59. The van der Waals surface area contributed by atoms with Crippen LogP contribution in [0, 0.1) is 0 Å². The number of hydrogen-bond donors (Lipinski definition) is 0. The average Bonchev–Trinajstić information content (AvgIpc) is 2.03. The Labute approximate surface area is 64.4 Å². The molecule has 0 amide bonds. The zero-order chi connectivity index (χ0) is 7.23. The van der Waals surface area contributed by atoms with E-state index in [9.17, 15) is 0 Å². The average molecular weight is 135 g/mol. The van der Waals surface area contributed by atoms with E-state index < -0.39 is 0 Å². The third kappa shape index (κ3) is 2.22. The fourth-order valence-electron chi connectivity index (χ4n) is 1.03. The van der Waals surface area contributed by atoms with E-state index >= 15 is 0 Å². The molecule has 0 aliphatic heterocycles. The van der Waals surface area contributed by atoms with E-state index in [-0.39, 0.29) is 1.43 Å². The highest BCUT2D eigenvalue weighted by molar-refractivity contribution is 5.14. The van der Waals surface area contributed by atoms with Crippen molar-refractivity contribution in [2.45, 2.75) is 26.2 Å². The van der Waals surface area contributed by atoms with Gasteiger partial charge in [-0.25, -0.2) is 0 Å². The molecule has 0 aromatic heterocycles. The van der Waals surface area contributed by atoms with Crippen molar-refractivity contribution in [2.75, 3.05) is 0 Å². The summed E-state index contributed by atoms with van der Waals surface area (Å²) in [5.41, 5.74) is 1.46. The van der Waals surface area contributed by atoms with Gasteiger partial charge in [-0.15, -0.1) is 0 Å². The fourth-order valence-corrected chi connectivity index (χ4v) is 1.03. The number of benzene rings is 1.